The Bertz CT molecular complexity index is 1060. The molecule has 1 unspecified atom stereocenters. The lowest BCUT2D eigenvalue weighted by molar-refractivity contribution is -0.121. The molecule has 1 saturated carbocycles. The largest absolute Gasteiger partial charge is 0.494 e. The van der Waals surface area contributed by atoms with E-state index in [1.807, 2.05) is 52.0 Å². The summed E-state index contributed by atoms with van der Waals surface area (Å²) in [7, 11) is -0.447. The molecule has 1 aliphatic carbocycles. The van der Waals surface area contributed by atoms with Crippen molar-refractivity contribution in [2.45, 2.75) is 76.9 Å². The molecule has 2 fully saturated rings. The van der Waals surface area contributed by atoms with E-state index in [0.29, 0.717) is 11.3 Å². The number of nitrogens with one attached hydrogen (secondary N) is 1. The van der Waals surface area contributed by atoms with Crippen molar-refractivity contribution >= 4 is 24.2 Å². The Balaban J connectivity index is 1.59. The second kappa shape index (κ2) is 7.16. The van der Waals surface area contributed by atoms with E-state index in [1.54, 1.807) is 13.0 Å². The van der Waals surface area contributed by atoms with Gasteiger partial charge in [0.1, 0.15) is 11.2 Å². The summed E-state index contributed by atoms with van der Waals surface area (Å²) >= 11 is 0. The van der Waals surface area contributed by atoms with Gasteiger partial charge in [0.05, 0.1) is 16.9 Å². The second-order valence-corrected chi connectivity index (χ2v) is 10.5. The van der Waals surface area contributed by atoms with E-state index >= 15 is 0 Å². The molecular formula is C26H31BFNO3. The Morgan fingerprint density at radius 3 is 2.16 bits per heavy atom. The first-order valence-electron chi connectivity index (χ1n) is 11.6. The maximum atomic E-state index is 14.3. The molecule has 3 aliphatic rings. The van der Waals surface area contributed by atoms with Crippen molar-refractivity contribution in [1.82, 2.24) is 0 Å². The molecule has 0 spiro atoms. The van der Waals surface area contributed by atoms with Crippen LogP contribution in [0.15, 0.2) is 36.4 Å². The highest BCUT2D eigenvalue weighted by Crippen LogP contribution is 2.53. The number of amides is 1. The molecule has 0 radical (unpaired) electrons. The van der Waals surface area contributed by atoms with Crippen LogP contribution in [-0.2, 0) is 19.5 Å². The Kier molecular flexibility index (Phi) is 4.85. The van der Waals surface area contributed by atoms with E-state index in [1.165, 1.54) is 6.07 Å². The van der Waals surface area contributed by atoms with Crippen molar-refractivity contribution < 1.29 is 18.5 Å². The molecule has 2 aromatic carbocycles. The van der Waals surface area contributed by atoms with Crippen molar-refractivity contribution in [2.24, 2.45) is 5.92 Å². The number of carbonyl (C=O) groups excluding carboxylic acids is 1. The summed E-state index contributed by atoms with van der Waals surface area (Å²) in [5, 5.41) is 3.04. The zero-order valence-electron chi connectivity index (χ0n) is 19.5. The van der Waals surface area contributed by atoms with Crippen molar-refractivity contribution in [2.75, 3.05) is 5.32 Å². The molecule has 168 valence electrons. The van der Waals surface area contributed by atoms with E-state index in [2.05, 4.69) is 5.32 Å². The predicted molar refractivity (Wildman–Crippen MR) is 125 cm³/mol. The number of fused-ring (bicyclic) bond motifs is 1. The Morgan fingerprint density at radius 1 is 0.969 bits per heavy atom. The summed E-state index contributed by atoms with van der Waals surface area (Å²) in [5.41, 5.74) is 2.31. The highest BCUT2D eigenvalue weighted by Gasteiger charge is 2.55. The third-order valence-corrected chi connectivity index (χ3v) is 8.28. The molecule has 32 heavy (non-hydrogen) atoms. The summed E-state index contributed by atoms with van der Waals surface area (Å²) in [5.74, 6) is -0.143. The summed E-state index contributed by atoms with van der Waals surface area (Å²) in [4.78, 5) is 13.6. The molecule has 2 heterocycles. The zero-order valence-corrected chi connectivity index (χ0v) is 19.5. The maximum absolute atomic E-state index is 14.3. The third-order valence-electron chi connectivity index (χ3n) is 8.28. The molecular weight excluding hydrogens is 404 g/mol. The Morgan fingerprint density at radius 2 is 1.56 bits per heavy atom. The van der Waals surface area contributed by atoms with Gasteiger partial charge in [-0.05, 0) is 76.0 Å². The van der Waals surface area contributed by atoms with Gasteiger partial charge in [-0.1, -0.05) is 43.2 Å². The number of anilines is 1. The maximum Gasteiger partial charge on any atom is 0.494 e. The lowest BCUT2D eigenvalue weighted by Gasteiger charge is -2.34. The van der Waals surface area contributed by atoms with Gasteiger partial charge in [-0.25, -0.2) is 4.39 Å². The van der Waals surface area contributed by atoms with Gasteiger partial charge in [0, 0.05) is 5.56 Å². The van der Waals surface area contributed by atoms with Crippen LogP contribution in [0.1, 0.15) is 70.1 Å². The molecule has 0 aromatic heterocycles. The molecule has 1 amide bonds. The standard InChI is InChI=1S/C26H31BFNO3/c1-16-21(28)15-14-20-22(16)29-23(30)26(20,17-8-6-7-9-17)18-10-12-19(13-11-18)27-31-24(2,3)25(4,5)32-27/h10-15,17H,6-9H2,1-5H3,(H,29,30). The van der Waals surface area contributed by atoms with Crippen LogP contribution < -0.4 is 10.8 Å². The van der Waals surface area contributed by atoms with E-state index in [0.717, 1.165) is 42.3 Å². The van der Waals surface area contributed by atoms with Gasteiger partial charge >= 0.3 is 7.12 Å². The Hall–Kier alpha value is -2.18. The van der Waals surface area contributed by atoms with Gasteiger partial charge in [-0.3, -0.25) is 4.79 Å². The first kappa shape index (κ1) is 21.7. The smallest absolute Gasteiger partial charge is 0.399 e. The summed E-state index contributed by atoms with van der Waals surface area (Å²) < 4.78 is 26.7. The number of halogens is 1. The highest BCUT2D eigenvalue weighted by atomic mass is 19.1. The number of benzene rings is 2. The molecule has 1 N–H and O–H groups in total. The van der Waals surface area contributed by atoms with Gasteiger partial charge in [-0.2, -0.15) is 0 Å². The highest BCUT2D eigenvalue weighted by molar-refractivity contribution is 6.62. The minimum absolute atomic E-state index is 0.0449. The van der Waals surface area contributed by atoms with Crippen molar-refractivity contribution in [3.63, 3.8) is 0 Å². The first-order valence-corrected chi connectivity index (χ1v) is 11.6. The SMILES string of the molecule is Cc1c(F)ccc2c1NC(=O)C2(c1ccc(B2OC(C)(C)C(C)(C)O2)cc1)C1CCCC1. The lowest BCUT2D eigenvalue weighted by Crippen LogP contribution is -2.42. The Labute approximate surface area is 190 Å². The number of hydrogen-bond donors (Lipinski definition) is 1. The van der Waals surface area contributed by atoms with E-state index in [4.69, 9.17) is 9.31 Å². The van der Waals surface area contributed by atoms with Crippen LogP contribution in [0.25, 0.3) is 0 Å². The van der Waals surface area contributed by atoms with Crippen molar-refractivity contribution in [3.8, 4) is 0 Å². The van der Waals surface area contributed by atoms with Crippen molar-refractivity contribution in [3.05, 3.63) is 58.9 Å². The van der Waals surface area contributed by atoms with Crippen LogP contribution in [0.4, 0.5) is 10.1 Å². The minimum Gasteiger partial charge on any atom is -0.399 e. The van der Waals surface area contributed by atoms with Gasteiger partial charge in [0.25, 0.3) is 0 Å². The fraction of sp³-hybridized carbons (Fsp3) is 0.500. The van der Waals surface area contributed by atoms with Crippen LogP contribution in [0.2, 0.25) is 0 Å². The zero-order chi connectivity index (χ0) is 22.9. The van der Waals surface area contributed by atoms with Crippen LogP contribution in [0, 0.1) is 18.7 Å². The normalized spacial score (nSPS) is 26.4. The van der Waals surface area contributed by atoms with E-state index in [9.17, 15) is 9.18 Å². The third kappa shape index (κ3) is 2.92. The van der Waals surface area contributed by atoms with Crippen LogP contribution in [0.3, 0.4) is 0 Å². The summed E-state index contributed by atoms with van der Waals surface area (Å²) in [6.45, 7) is 9.89. The molecule has 4 nitrogen and oxygen atoms in total. The molecule has 1 saturated heterocycles. The molecule has 5 rings (SSSR count). The van der Waals surface area contributed by atoms with E-state index < -0.39 is 23.7 Å². The fourth-order valence-electron chi connectivity index (χ4n) is 5.68. The van der Waals surface area contributed by atoms with Crippen LogP contribution in [0.5, 0.6) is 0 Å². The molecule has 6 heteroatoms. The monoisotopic (exact) mass is 435 g/mol. The molecule has 2 aromatic rings. The van der Waals surface area contributed by atoms with Gasteiger partial charge in [0.15, 0.2) is 0 Å². The van der Waals surface area contributed by atoms with Crippen LogP contribution in [-0.4, -0.2) is 24.2 Å². The van der Waals surface area contributed by atoms with Gasteiger partial charge in [-0.15, -0.1) is 0 Å². The number of hydrogen-bond acceptors (Lipinski definition) is 3. The summed E-state index contributed by atoms with van der Waals surface area (Å²) in [6.07, 6.45) is 4.20. The predicted octanol–water partition coefficient (Wildman–Crippen LogP) is 4.86. The average molecular weight is 435 g/mol. The summed E-state index contributed by atoms with van der Waals surface area (Å²) in [6, 6.07) is 11.4. The second-order valence-electron chi connectivity index (χ2n) is 10.5. The van der Waals surface area contributed by atoms with Crippen molar-refractivity contribution in [1.29, 1.82) is 0 Å². The quantitative estimate of drug-likeness (QED) is 0.701. The van der Waals surface area contributed by atoms with E-state index in [-0.39, 0.29) is 17.6 Å². The minimum atomic E-state index is -0.793. The average Bonchev–Trinajstić information content (AvgIpc) is 3.41. The molecule has 0 bridgehead atoms. The van der Waals surface area contributed by atoms with Gasteiger partial charge in [0.2, 0.25) is 5.91 Å². The number of rotatable bonds is 3. The first-order chi connectivity index (χ1) is 15.1. The molecule has 1 atom stereocenters. The molecule has 2 aliphatic heterocycles. The topological polar surface area (TPSA) is 47.6 Å². The number of carbonyl (C=O) groups is 1. The van der Waals surface area contributed by atoms with Crippen LogP contribution >= 0.6 is 0 Å². The fourth-order valence-corrected chi connectivity index (χ4v) is 5.68. The lowest BCUT2D eigenvalue weighted by atomic mass is 9.65. The van der Waals surface area contributed by atoms with Gasteiger partial charge < -0.3 is 14.6 Å².